The second-order valence-corrected chi connectivity index (χ2v) is 7.48. The van der Waals surface area contributed by atoms with Gasteiger partial charge in [0, 0.05) is 5.56 Å². The molecule has 0 aromatic heterocycles. The first-order chi connectivity index (χ1) is 16.5. The summed E-state index contributed by atoms with van der Waals surface area (Å²) in [4.78, 5) is 25.6. The van der Waals surface area contributed by atoms with Crippen LogP contribution in [0.5, 0.6) is 11.5 Å². The maximum absolute atomic E-state index is 12.9. The van der Waals surface area contributed by atoms with E-state index >= 15 is 0 Å². The molecule has 0 saturated heterocycles. The number of phenolic OH excluding ortho intramolecular Hbond substituents is 1. The standard InChI is InChI=1S/C27H27N3O4/c1-3-17-34-24-15-9-20(10-16-24)18-25(28-26(32)22-7-5-4-6-8-22)27(33)30-29-19(2)21-11-13-23(31)14-12-21/h4-16,18,31H,3,17H2,1-2H3,(H,28,32)(H,30,33)/b25-18+,29-19-. The van der Waals surface area contributed by atoms with E-state index in [1.165, 1.54) is 12.1 Å². The Morgan fingerprint density at radius 2 is 1.62 bits per heavy atom. The van der Waals surface area contributed by atoms with E-state index in [0.717, 1.165) is 17.7 Å². The molecular formula is C27H27N3O4. The van der Waals surface area contributed by atoms with E-state index in [1.54, 1.807) is 61.5 Å². The van der Waals surface area contributed by atoms with Gasteiger partial charge in [-0.25, -0.2) is 5.43 Å². The molecule has 0 heterocycles. The zero-order valence-corrected chi connectivity index (χ0v) is 19.1. The number of nitrogens with zero attached hydrogens (tertiary/aromatic N) is 1. The lowest BCUT2D eigenvalue weighted by Gasteiger charge is -2.10. The summed E-state index contributed by atoms with van der Waals surface area (Å²) in [7, 11) is 0. The Hall–Kier alpha value is -4.39. The molecule has 7 nitrogen and oxygen atoms in total. The molecule has 0 aliphatic heterocycles. The van der Waals surface area contributed by atoms with E-state index in [0.29, 0.717) is 23.4 Å². The minimum atomic E-state index is -0.575. The molecule has 0 unspecified atom stereocenters. The van der Waals surface area contributed by atoms with Gasteiger partial charge in [-0.05, 0) is 79.1 Å². The molecule has 3 aromatic rings. The molecule has 7 heteroatoms. The molecular weight excluding hydrogens is 430 g/mol. The number of carbonyl (C=O) groups excluding carboxylic acids is 2. The highest BCUT2D eigenvalue weighted by Crippen LogP contribution is 2.15. The van der Waals surface area contributed by atoms with E-state index < -0.39 is 11.8 Å². The molecule has 0 saturated carbocycles. The van der Waals surface area contributed by atoms with Crippen LogP contribution in [0.4, 0.5) is 0 Å². The Balaban J connectivity index is 1.82. The maximum Gasteiger partial charge on any atom is 0.287 e. The molecule has 2 amide bonds. The van der Waals surface area contributed by atoms with Gasteiger partial charge in [-0.15, -0.1) is 0 Å². The first-order valence-electron chi connectivity index (χ1n) is 10.9. The monoisotopic (exact) mass is 457 g/mol. The number of aromatic hydroxyl groups is 1. The average molecular weight is 458 g/mol. The predicted octanol–water partition coefficient (Wildman–Crippen LogP) is 4.49. The number of hydrogen-bond acceptors (Lipinski definition) is 5. The van der Waals surface area contributed by atoms with E-state index in [4.69, 9.17) is 4.74 Å². The van der Waals surface area contributed by atoms with E-state index in [1.807, 2.05) is 25.1 Å². The third kappa shape index (κ3) is 7.06. The topological polar surface area (TPSA) is 100 Å². The molecule has 3 rings (SSSR count). The van der Waals surface area contributed by atoms with Crippen LogP contribution in [0.3, 0.4) is 0 Å². The molecule has 0 bridgehead atoms. The summed E-state index contributed by atoms with van der Waals surface area (Å²) in [5.74, 6) is -0.120. The van der Waals surface area contributed by atoms with Crippen molar-refractivity contribution in [3.05, 3.63) is 101 Å². The van der Waals surface area contributed by atoms with Crippen molar-refractivity contribution in [1.29, 1.82) is 0 Å². The summed E-state index contributed by atoms with van der Waals surface area (Å²) in [6, 6.07) is 22.3. The highest BCUT2D eigenvalue weighted by Gasteiger charge is 2.15. The van der Waals surface area contributed by atoms with E-state index in [-0.39, 0.29) is 11.4 Å². The van der Waals surface area contributed by atoms with Gasteiger partial charge in [0.2, 0.25) is 0 Å². The third-order valence-electron chi connectivity index (χ3n) is 4.80. The number of hydrazone groups is 1. The maximum atomic E-state index is 12.9. The van der Waals surface area contributed by atoms with Crippen molar-refractivity contribution < 1.29 is 19.4 Å². The molecule has 0 aliphatic rings. The quantitative estimate of drug-likeness (QED) is 0.250. The molecule has 3 aromatic carbocycles. The highest BCUT2D eigenvalue weighted by molar-refractivity contribution is 6.06. The highest BCUT2D eigenvalue weighted by atomic mass is 16.5. The Labute approximate surface area is 198 Å². The number of benzene rings is 3. The van der Waals surface area contributed by atoms with Gasteiger partial charge in [0.1, 0.15) is 17.2 Å². The van der Waals surface area contributed by atoms with Gasteiger partial charge in [0.05, 0.1) is 12.3 Å². The SMILES string of the molecule is CCCOc1ccc(/C=C(/NC(=O)c2ccccc2)C(=O)N/N=C(/C)c2ccc(O)cc2)cc1. The smallest absolute Gasteiger partial charge is 0.287 e. The minimum Gasteiger partial charge on any atom is -0.508 e. The molecule has 0 radical (unpaired) electrons. The second kappa shape index (κ2) is 12.0. The van der Waals surface area contributed by atoms with Crippen LogP contribution in [-0.2, 0) is 4.79 Å². The van der Waals surface area contributed by atoms with Crippen LogP contribution < -0.4 is 15.5 Å². The van der Waals surface area contributed by atoms with Gasteiger partial charge in [-0.2, -0.15) is 5.10 Å². The van der Waals surface area contributed by atoms with Gasteiger partial charge in [-0.1, -0.05) is 37.3 Å². The Bertz CT molecular complexity index is 1170. The Morgan fingerprint density at radius 3 is 2.26 bits per heavy atom. The van der Waals surface area contributed by atoms with Crippen LogP contribution in [0.25, 0.3) is 6.08 Å². The number of hydrogen-bond donors (Lipinski definition) is 3. The van der Waals surface area contributed by atoms with Crippen LogP contribution in [-0.4, -0.2) is 29.2 Å². The second-order valence-electron chi connectivity index (χ2n) is 7.48. The number of rotatable bonds is 9. The summed E-state index contributed by atoms with van der Waals surface area (Å²) in [5.41, 5.74) is 4.94. The lowest BCUT2D eigenvalue weighted by Crippen LogP contribution is -2.33. The van der Waals surface area contributed by atoms with E-state index in [9.17, 15) is 14.7 Å². The molecule has 174 valence electrons. The zero-order chi connectivity index (χ0) is 24.3. The fourth-order valence-corrected chi connectivity index (χ4v) is 2.95. The average Bonchev–Trinajstić information content (AvgIpc) is 2.87. The molecule has 0 fully saturated rings. The fourth-order valence-electron chi connectivity index (χ4n) is 2.95. The molecule has 0 aliphatic carbocycles. The van der Waals surface area contributed by atoms with Crippen molar-refractivity contribution in [3.8, 4) is 11.5 Å². The van der Waals surface area contributed by atoms with Crippen molar-refractivity contribution in [2.75, 3.05) is 6.61 Å². The van der Waals surface area contributed by atoms with Crippen LogP contribution in [0.2, 0.25) is 0 Å². The summed E-state index contributed by atoms with van der Waals surface area (Å²) < 4.78 is 5.60. The normalized spacial score (nSPS) is 11.6. The van der Waals surface area contributed by atoms with Gasteiger partial charge >= 0.3 is 0 Å². The number of nitrogens with one attached hydrogen (secondary N) is 2. The first kappa shape index (κ1) is 24.3. The Morgan fingerprint density at radius 1 is 0.941 bits per heavy atom. The van der Waals surface area contributed by atoms with Crippen molar-refractivity contribution in [2.45, 2.75) is 20.3 Å². The van der Waals surface area contributed by atoms with Crippen molar-refractivity contribution >= 4 is 23.6 Å². The van der Waals surface area contributed by atoms with Crippen LogP contribution in [0, 0.1) is 0 Å². The van der Waals surface area contributed by atoms with Crippen LogP contribution in [0.1, 0.15) is 41.8 Å². The minimum absolute atomic E-state index is 0.0401. The summed E-state index contributed by atoms with van der Waals surface area (Å²) in [6.45, 7) is 4.38. The van der Waals surface area contributed by atoms with Crippen molar-refractivity contribution in [3.63, 3.8) is 0 Å². The van der Waals surface area contributed by atoms with Gasteiger partial charge in [0.15, 0.2) is 0 Å². The fraction of sp³-hybridized carbons (Fsp3) is 0.148. The largest absolute Gasteiger partial charge is 0.508 e. The van der Waals surface area contributed by atoms with Crippen LogP contribution >= 0.6 is 0 Å². The molecule has 0 spiro atoms. The van der Waals surface area contributed by atoms with Gasteiger partial charge in [-0.3, -0.25) is 9.59 Å². The zero-order valence-electron chi connectivity index (χ0n) is 19.1. The van der Waals surface area contributed by atoms with Crippen molar-refractivity contribution in [2.24, 2.45) is 5.10 Å². The molecule has 0 atom stereocenters. The summed E-state index contributed by atoms with van der Waals surface area (Å²) >= 11 is 0. The predicted molar refractivity (Wildman–Crippen MR) is 133 cm³/mol. The molecule has 3 N–H and O–H groups in total. The number of ether oxygens (including phenoxy) is 1. The summed E-state index contributed by atoms with van der Waals surface area (Å²) in [6.07, 6.45) is 2.48. The van der Waals surface area contributed by atoms with Crippen LogP contribution in [0.15, 0.2) is 89.7 Å². The lowest BCUT2D eigenvalue weighted by molar-refractivity contribution is -0.117. The lowest BCUT2D eigenvalue weighted by atomic mass is 10.1. The van der Waals surface area contributed by atoms with Gasteiger partial charge < -0.3 is 15.2 Å². The number of carbonyl (C=O) groups is 2. The van der Waals surface area contributed by atoms with Crippen molar-refractivity contribution in [1.82, 2.24) is 10.7 Å². The number of phenols is 1. The third-order valence-corrected chi connectivity index (χ3v) is 4.80. The first-order valence-corrected chi connectivity index (χ1v) is 10.9. The van der Waals surface area contributed by atoms with E-state index in [2.05, 4.69) is 15.8 Å². The molecule has 34 heavy (non-hydrogen) atoms. The summed E-state index contributed by atoms with van der Waals surface area (Å²) in [5, 5.41) is 16.3. The van der Waals surface area contributed by atoms with Gasteiger partial charge in [0.25, 0.3) is 11.8 Å². The Kier molecular flexibility index (Phi) is 8.57. The number of amides is 2.